The van der Waals surface area contributed by atoms with Crippen molar-refractivity contribution in [3.63, 3.8) is 0 Å². The Labute approximate surface area is 134 Å². The summed E-state index contributed by atoms with van der Waals surface area (Å²) in [5.74, 6) is 0.249. The Kier molecular flexibility index (Phi) is 4.92. The van der Waals surface area contributed by atoms with Gasteiger partial charge in [-0.3, -0.25) is 0 Å². The van der Waals surface area contributed by atoms with Gasteiger partial charge in [0.15, 0.2) is 0 Å². The number of amides is 1. The second kappa shape index (κ2) is 6.42. The van der Waals surface area contributed by atoms with Crippen LogP contribution < -0.4 is 0 Å². The van der Waals surface area contributed by atoms with E-state index in [1.165, 1.54) is 12.1 Å². The Bertz CT molecular complexity index is 546. The van der Waals surface area contributed by atoms with E-state index in [1.807, 2.05) is 20.8 Å². The molecule has 3 nitrogen and oxygen atoms in total. The molecule has 1 aromatic rings. The number of alkyl halides is 3. The lowest BCUT2D eigenvalue weighted by molar-refractivity contribution is -0.137. The molecule has 0 aliphatic carbocycles. The molecule has 6 heteroatoms. The van der Waals surface area contributed by atoms with Crippen molar-refractivity contribution in [3.05, 3.63) is 35.4 Å². The van der Waals surface area contributed by atoms with Crippen LogP contribution in [0.5, 0.6) is 0 Å². The molecule has 1 saturated heterocycles. The number of carbonyl (C=O) groups excluding carboxylic acids is 1. The van der Waals surface area contributed by atoms with Crippen molar-refractivity contribution in [2.75, 3.05) is 13.1 Å². The summed E-state index contributed by atoms with van der Waals surface area (Å²) >= 11 is 0. The van der Waals surface area contributed by atoms with Crippen LogP contribution in [0.4, 0.5) is 18.0 Å². The largest absolute Gasteiger partial charge is 0.444 e. The number of likely N-dealkylation sites (tertiary alicyclic amines) is 1. The number of hydrogen-bond acceptors (Lipinski definition) is 2. The number of hydrogen-bond donors (Lipinski definition) is 0. The highest BCUT2D eigenvalue weighted by atomic mass is 19.4. The highest BCUT2D eigenvalue weighted by Crippen LogP contribution is 2.30. The van der Waals surface area contributed by atoms with Gasteiger partial charge in [-0.1, -0.05) is 12.1 Å². The van der Waals surface area contributed by atoms with Gasteiger partial charge in [0.05, 0.1) is 5.56 Å². The molecule has 1 atom stereocenters. The summed E-state index contributed by atoms with van der Waals surface area (Å²) in [5.41, 5.74) is -0.306. The van der Waals surface area contributed by atoms with Crippen LogP contribution in [0.2, 0.25) is 0 Å². The van der Waals surface area contributed by atoms with Gasteiger partial charge < -0.3 is 9.64 Å². The smallest absolute Gasteiger partial charge is 0.416 e. The van der Waals surface area contributed by atoms with Crippen LogP contribution in [0.15, 0.2) is 24.3 Å². The van der Waals surface area contributed by atoms with E-state index >= 15 is 0 Å². The monoisotopic (exact) mass is 329 g/mol. The zero-order valence-corrected chi connectivity index (χ0v) is 13.6. The van der Waals surface area contributed by atoms with E-state index in [4.69, 9.17) is 4.74 Å². The highest BCUT2D eigenvalue weighted by molar-refractivity contribution is 5.68. The standard InChI is InChI=1S/C17H22F3NO2/c1-16(2,3)23-15(22)21-9-8-13(11-21)10-12-4-6-14(7-5-12)17(18,19)20/h4-7,13H,8-11H2,1-3H3. The third-order valence-electron chi connectivity index (χ3n) is 3.74. The SMILES string of the molecule is CC(C)(C)OC(=O)N1CCC(Cc2ccc(C(F)(F)F)cc2)C1. The van der Waals surface area contributed by atoms with Crippen LogP contribution in [-0.4, -0.2) is 29.7 Å². The van der Waals surface area contributed by atoms with Gasteiger partial charge in [0, 0.05) is 13.1 Å². The van der Waals surface area contributed by atoms with Crippen LogP contribution in [0.25, 0.3) is 0 Å². The van der Waals surface area contributed by atoms with Gasteiger partial charge >= 0.3 is 12.3 Å². The van der Waals surface area contributed by atoms with Crippen molar-refractivity contribution in [1.29, 1.82) is 0 Å². The van der Waals surface area contributed by atoms with Crippen LogP contribution in [0, 0.1) is 5.92 Å². The van der Waals surface area contributed by atoms with Crippen molar-refractivity contribution in [3.8, 4) is 0 Å². The Morgan fingerprint density at radius 1 is 1.22 bits per heavy atom. The van der Waals surface area contributed by atoms with Crippen molar-refractivity contribution in [1.82, 2.24) is 4.90 Å². The number of nitrogens with zero attached hydrogens (tertiary/aromatic N) is 1. The van der Waals surface area contributed by atoms with E-state index < -0.39 is 17.3 Å². The third kappa shape index (κ3) is 5.15. The maximum absolute atomic E-state index is 12.5. The average Bonchev–Trinajstić information content (AvgIpc) is 2.85. The highest BCUT2D eigenvalue weighted by Gasteiger charge is 2.31. The molecule has 1 fully saturated rings. The summed E-state index contributed by atoms with van der Waals surface area (Å²) in [7, 11) is 0. The average molecular weight is 329 g/mol. The van der Waals surface area contributed by atoms with Crippen molar-refractivity contribution < 1.29 is 22.7 Å². The van der Waals surface area contributed by atoms with E-state index in [0.29, 0.717) is 19.5 Å². The molecular weight excluding hydrogens is 307 g/mol. The predicted octanol–water partition coefficient (Wildman–Crippen LogP) is 4.50. The Morgan fingerprint density at radius 2 is 1.83 bits per heavy atom. The van der Waals surface area contributed by atoms with Gasteiger partial charge in [0.1, 0.15) is 5.60 Å². The quantitative estimate of drug-likeness (QED) is 0.799. The van der Waals surface area contributed by atoms with Crippen LogP contribution >= 0.6 is 0 Å². The molecule has 1 amide bonds. The second-order valence-electron chi connectivity index (χ2n) is 6.98. The first-order valence-electron chi connectivity index (χ1n) is 7.69. The Balaban J connectivity index is 1.89. The fraction of sp³-hybridized carbons (Fsp3) is 0.588. The zero-order chi connectivity index (χ0) is 17.3. The number of halogens is 3. The molecule has 0 spiro atoms. The first kappa shape index (κ1) is 17.6. The molecule has 0 radical (unpaired) electrons. The second-order valence-corrected chi connectivity index (χ2v) is 6.98. The predicted molar refractivity (Wildman–Crippen MR) is 81.1 cm³/mol. The molecule has 1 aromatic carbocycles. The maximum atomic E-state index is 12.5. The summed E-state index contributed by atoms with van der Waals surface area (Å²) in [4.78, 5) is 13.7. The van der Waals surface area contributed by atoms with Gasteiger partial charge in [0.2, 0.25) is 0 Å². The molecule has 0 bridgehead atoms. The minimum Gasteiger partial charge on any atom is -0.444 e. The number of benzene rings is 1. The molecule has 1 aliphatic heterocycles. The normalized spacial score (nSPS) is 19.0. The molecule has 1 heterocycles. The van der Waals surface area contributed by atoms with Gasteiger partial charge in [-0.05, 0) is 57.2 Å². The summed E-state index contributed by atoms with van der Waals surface area (Å²) < 4.78 is 43.0. The number of rotatable bonds is 2. The summed E-state index contributed by atoms with van der Waals surface area (Å²) in [6.07, 6.45) is -3.13. The first-order chi connectivity index (χ1) is 10.5. The number of carbonyl (C=O) groups is 1. The van der Waals surface area contributed by atoms with Crippen molar-refractivity contribution in [2.45, 2.75) is 45.4 Å². The van der Waals surface area contributed by atoms with Gasteiger partial charge in [-0.25, -0.2) is 4.79 Å². The fourth-order valence-corrected chi connectivity index (χ4v) is 2.65. The molecule has 1 unspecified atom stereocenters. The van der Waals surface area contributed by atoms with Crippen molar-refractivity contribution >= 4 is 6.09 Å². The topological polar surface area (TPSA) is 29.5 Å². The molecule has 2 rings (SSSR count). The molecule has 0 aromatic heterocycles. The van der Waals surface area contributed by atoms with Crippen molar-refractivity contribution in [2.24, 2.45) is 5.92 Å². The Morgan fingerprint density at radius 3 is 2.35 bits per heavy atom. The molecular formula is C17H22F3NO2. The lowest BCUT2D eigenvalue weighted by Crippen LogP contribution is -2.35. The minimum atomic E-state index is -4.31. The van der Waals surface area contributed by atoms with Crippen LogP contribution in [0.3, 0.4) is 0 Å². The summed E-state index contributed by atoms with van der Waals surface area (Å²) in [6.45, 7) is 6.66. The molecule has 0 saturated carbocycles. The van der Waals surface area contributed by atoms with Gasteiger partial charge in [0.25, 0.3) is 0 Å². The molecule has 1 aliphatic rings. The number of ether oxygens (including phenoxy) is 1. The molecule has 23 heavy (non-hydrogen) atoms. The lowest BCUT2D eigenvalue weighted by Gasteiger charge is -2.24. The van der Waals surface area contributed by atoms with Crippen LogP contribution in [0.1, 0.15) is 38.3 Å². The summed E-state index contributed by atoms with van der Waals surface area (Å²) in [6, 6.07) is 5.24. The van der Waals surface area contributed by atoms with E-state index in [-0.39, 0.29) is 12.0 Å². The van der Waals surface area contributed by atoms with E-state index in [0.717, 1.165) is 24.1 Å². The first-order valence-corrected chi connectivity index (χ1v) is 7.69. The van der Waals surface area contributed by atoms with E-state index in [9.17, 15) is 18.0 Å². The van der Waals surface area contributed by atoms with Gasteiger partial charge in [-0.15, -0.1) is 0 Å². The van der Waals surface area contributed by atoms with E-state index in [1.54, 1.807) is 4.90 Å². The van der Waals surface area contributed by atoms with Gasteiger partial charge in [-0.2, -0.15) is 13.2 Å². The Hall–Kier alpha value is -1.72. The fourth-order valence-electron chi connectivity index (χ4n) is 2.65. The molecule has 0 N–H and O–H groups in total. The lowest BCUT2D eigenvalue weighted by atomic mass is 9.98. The maximum Gasteiger partial charge on any atom is 0.416 e. The van der Waals surface area contributed by atoms with E-state index in [2.05, 4.69) is 0 Å². The minimum absolute atomic E-state index is 0.249. The van der Waals surface area contributed by atoms with Crippen LogP contribution in [-0.2, 0) is 17.3 Å². The zero-order valence-electron chi connectivity index (χ0n) is 13.6. The molecule has 128 valence electrons. The summed E-state index contributed by atoms with van der Waals surface area (Å²) in [5, 5.41) is 0. The third-order valence-corrected chi connectivity index (χ3v) is 3.74.